The van der Waals surface area contributed by atoms with Gasteiger partial charge in [0.15, 0.2) is 0 Å². The van der Waals surface area contributed by atoms with Gasteiger partial charge >= 0.3 is 0 Å². The van der Waals surface area contributed by atoms with Crippen molar-refractivity contribution in [1.82, 2.24) is 14.8 Å². The van der Waals surface area contributed by atoms with E-state index in [4.69, 9.17) is 16.3 Å². The van der Waals surface area contributed by atoms with Crippen molar-refractivity contribution in [2.24, 2.45) is 0 Å². The van der Waals surface area contributed by atoms with Crippen LogP contribution in [0.25, 0.3) is 11.4 Å². The van der Waals surface area contributed by atoms with Gasteiger partial charge < -0.3 is 4.74 Å². The minimum atomic E-state index is -0.191. The number of rotatable bonds is 1. The third kappa shape index (κ3) is 2.42. The van der Waals surface area contributed by atoms with Crippen molar-refractivity contribution in [3.05, 3.63) is 33.5 Å². The predicted octanol–water partition coefficient (Wildman–Crippen LogP) is 3.67. The van der Waals surface area contributed by atoms with Crippen LogP contribution in [-0.2, 0) is 17.9 Å². The van der Waals surface area contributed by atoms with E-state index in [1.807, 2.05) is 16.8 Å². The Labute approximate surface area is 124 Å². The molecule has 0 spiro atoms. The minimum absolute atomic E-state index is 0.191. The maximum absolute atomic E-state index is 5.86. The average Bonchev–Trinajstić information content (AvgIpc) is 2.65. The topological polar surface area (TPSA) is 39.9 Å². The zero-order chi connectivity index (χ0) is 13.6. The summed E-state index contributed by atoms with van der Waals surface area (Å²) in [6.07, 6.45) is 1.63. The SMILES string of the molecule is CC1(C)Cn2nc(-c3ccc(Cl)cn3)c(Br)c2CO1. The quantitative estimate of drug-likeness (QED) is 0.794. The molecule has 1 aliphatic rings. The maximum atomic E-state index is 5.86. The van der Waals surface area contributed by atoms with Crippen molar-refractivity contribution >= 4 is 27.5 Å². The summed E-state index contributed by atoms with van der Waals surface area (Å²) in [5, 5.41) is 5.25. The molecule has 0 bridgehead atoms. The summed E-state index contributed by atoms with van der Waals surface area (Å²) in [5.74, 6) is 0. The van der Waals surface area contributed by atoms with E-state index in [1.54, 1.807) is 6.20 Å². The van der Waals surface area contributed by atoms with E-state index in [1.165, 1.54) is 0 Å². The second-order valence-corrected chi connectivity index (χ2v) is 6.41. The summed E-state index contributed by atoms with van der Waals surface area (Å²) >= 11 is 9.45. The molecule has 1 aliphatic heterocycles. The normalized spacial score (nSPS) is 17.3. The van der Waals surface area contributed by atoms with Crippen molar-refractivity contribution in [1.29, 1.82) is 0 Å². The van der Waals surface area contributed by atoms with Crippen LogP contribution in [0.15, 0.2) is 22.8 Å². The molecule has 6 heteroatoms. The number of pyridine rings is 1. The highest BCUT2D eigenvalue weighted by molar-refractivity contribution is 9.10. The monoisotopic (exact) mass is 341 g/mol. The Balaban J connectivity index is 2.05. The zero-order valence-electron chi connectivity index (χ0n) is 10.7. The highest BCUT2D eigenvalue weighted by Gasteiger charge is 2.30. The molecule has 3 rings (SSSR count). The summed E-state index contributed by atoms with van der Waals surface area (Å²) in [7, 11) is 0. The predicted molar refractivity (Wildman–Crippen MR) is 77.0 cm³/mol. The van der Waals surface area contributed by atoms with Gasteiger partial charge in [-0.2, -0.15) is 5.10 Å². The van der Waals surface area contributed by atoms with Gasteiger partial charge in [-0.1, -0.05) is 11.6 Å². The molecule has 100 valence electrons. The van der Waals surface area contributed by atoms with Gasteiger partial charge in [0.05, 0.1) is 39.6 Å². The number of halogens is 2. The van der Waals surface area contributed by atoms with Crippen LogP contribution < -0.4 is 0 Å². The molecule has 0 aromatic carbocycles. The second kappa shape index (κ2) is 4.58. The molecule has 4 nitrogen and oxygen atoms in total. The highest BCUT2D eigenvalue weighted by Crippen LogP contribution is 2.34. The summed E-state index contributed by atoms with van der Waals surface area (Å²) in [5.41, 5.74) is 2.48. The van der Waals surface area contributed by atoms with E-state index in [0.29, 0.717) is 11.6 Å². The molecule has 2 aromatic heterocycles. The molecule has 0 radical (unpaired) electrons. The Kier molecular flexibility index (Phi) is 3.15. The van der Waals surface area contributed by atoms with Crippen LogP contribution in [0.4, 0.5) is 0 Å². The van der Waals surface area contributed by atoms with Gasteiger partial charge in [-0.15, -0.1) is 0 Å². The number of ether oxygens (including phenoxy) is 1. The summed E-state index contributed by atoms with van der Waals surface area (Å²) in [6, 6.07) is 3.68. The van der Waals surface area contributed by atoms with Gasteiger partial charge in [0.2, 0.25) is 0 Å². The minimum Gasteiger partial charge on any atom is -0.367 e. The third-order valence-corrected chi connectivity index (χ3v) is 4.15. The van der Waals surface area contributed by atoms with Crippen LogP contribution >= 0.6 is 27.5 Å². The first-order valence-electron chi connectivity index (χ1n) is 5.97. The lowest BCUT2D eigenvalue weighted by atomic mass is 10.1. The molecule has 0 saturated carbocycles. The van der Waals surface area contributed by atoms with E-state index in [-0.39, 0.29) is 5.60 Å². The fourth-order valence-electron chi connectivity index (χ4n) is 2.09. The largest absolute Gasteiger partial charge is 0.367 e. The van der Waals surface area contributed by atoms with E-state index in [0.717, 1.165) is 28.1 Å². The van der Waals surface area contributed by atoms with E-state index in [9.17, 15) is 0 Å². The molecule has 0 amide bonds. The Morgan fingerprint density at radius 1 is 1.42 bits per heavy atom. The standard InChI is InChI=1S/C13H13BrClN3O/c1-13(2)7-18-10(6-19-13)11(14)12(17-18)9-4-3-8(15)5-16-9/h3-5H,6-7H2,1-2H3. The van der Waals surface area contributed by atoms with Gasteiger partial charge in [-0.25, -0.2) is 0 Å². The van der Waals surface area contributed by atoms with E-state index < -0.39 is 0 Å². The van der Waals surface area contributed by atoms with Crippen molar-refractivity contribution in [3.63, 3.8) is 0 Å². The maximum Gasteiger partial charge on any atom is 0.125 e. The molecule has 19 heavy (non-hydrogen) atoms. The number of hydrogen-bond acceptors (Lipinski definition) is 3. The molecule has 0 aliphatic carbocycles. The number of fused-ring (bicyclic) bond motifs is 1. The first-order valence-corrected chi connectivity index (χ1v) is 7.14. The average molecular weight is 343 g/mol. The van der Waals surface area contributed by atoms with Crippen LogP contribution in [0.5, 0.6) is 0 Å². The highest BCUT2D eigenvalue weighted by atomic mass is 79.9. The fourth-order valence-corrected chi connectivity index (χ4v) is 2.81. The molecular formula is C13H13BrClN3O. The Hall–Kier alpha value is -0.910. The third-order valence-electron chi connectivity index (χ3n) is 3.09. The summed E-state index contributed by atoms with van der Waals surface area (Å²) in [4.78, 5) is 4.31. The second-order valence-electron chi connectivity index (χ2n) is 5.18. The molecular weight excluding hydrogens is 330 g/mol. The molecule has 3 heterocycles. The van der Waals surface area contributed by atoms with E-state index >= 15 is 0 Å². The number of aromatic nitrogens is 3. The van der Waals surface area contributed by atoms with Crippen molar-refractivity contribution < 1.29 is 4.74 Å². The van der Waals surface area contributed by atoms with Crippen molar-refractivity contribution in [3.8, 4) is 11.4 Å². The van der Waals surface area contributed by atoms with Gasteiger partial charge in [-0.05, 0) is 41.9 Å². The Morgan fingerprint density at radius 3 is 2.89 bits per heavy atom. The zero-order valence-corrected chi connectivity index (χ0v) is 13.0. The van der Waals surface area contributed by atoms with Crippen molar-refractivity contribution in [2.45, 2.75) is 32.6 Å². The smallest absolute Gasteiger partial charge is 0.125 e. The lowest BCUT2D eigenvalue weighted by molar-refractivity contribution is -0.0663. The molecule has 0 saturated heterocycles. The van der Waals surface area contributed by atoms with Crippen molar-refractivity contribution in [2.75, 3.05) is 0 Å². The molecule has 0 unspecified atom stereocenters. The molecule has 0 atom stereocenters. The summed E-state index contributed by atoms with van der Waals surface area (Å²) < 4.78 is 8.74. The van der Waals surface area contributed by atoms with Gasteiger partial charge in [0, 0.05) is 6.20 Å². The fraction of sp³-hybridized carbons (Fsp3) is 0.385. The van der Waals surface area contributed by atoms with Crippen LogP contribution in [0.3, 0.4) is 0 Å². The van der Waals surface area contributed by atoms with Crippen LogP contribution in [-0.4, -0.2) is 20.4 Å². The summed E-state index contributed by atoms with van der Waals surface area (Å²) in [6.45, 7) is 5.40. The van der Waals surface area contributed by atoms with E-state index in [2.05, 4.69) is 39.9 Å². The van der Waals surface area contributed by atoms with Crippen LogP contribution in [0.1, 0.15) is 19.5 Å². The first-order chi connectivity index (χ1) is 8.96. The Morgan fingerprint density at radius 2 is 2.21 bits per heavy atom. The van der Waals surface area contributed by atoms with Crippen LogP contribution in [0.2, 0.25) is 5.02 Å². The van der Waals surface area contributed by atoms with Gasteiger partial charge in [-0.3, -0.25) is 9.67 Å². The lowest BCUT2D eigenvalue weighted by Crippen LogP contribution is -2.36. The van der Waals surface area contributed by atoms with Crippen LogP contribution in [0, 0.1) is 0 Å². The number of nitrogens with zero attached hydrogens (tertiary/aromatic N) is 3. The van der Waals surface area contributed by atoms with Gasteiger partial charge in [0.1, 0.15) is 5.69 Å². The molecule has 2 aromatic rings. The van der Waals surface area contributed by atoms with Gasteiger partial charge in [0.25, 0.3) is 0 Å². The Bertz CT molecular complexity index is 622. The lowest BCUT2D eigenvalue weighted by Gasteiger charge is -2.30. The first kappa shape index (κ1) is 13.1. The number of hydrogen-bond donors (Lipinski definition) is 0. The molecule has 0 N–H and O–H groups in total. The molecule has 0 fully saturated rings.